The number of aryl methyl sites for hydroxylation is 1. The van der Waals surface area contributed by atoms with Crippen LogP contribution in [0.2, 0.25) is 0 Å². The van der Waals surface area contributed by atoms with Gasteiger partial charge >= 0.3 is 0 Å². The van der Waals surface area contributed by atoms with Gasteiger partial charge in [-0.15, -0.1) is 11.8 Å². The van der Waals surface area contributed by atoms with Gasteiger partial charge in [-0.05, 0) is 30.2 Å². The number of nitriles is 1. The van der Waals surface area contributed by atoms with Crippen molar-refractivity contribution >= 4 is 11.8 Å². The van der Waals surface area contributed by atoms with Crippen molar-refractivity contribution < 1.29 is 14.2 Å². The van der Waals surface area contributed by atoms with E-state index in [2.05, 4.69) is 37.3 Å². The van der Waals surface area contributed by atoms with Crippen LogP contribution in [0.3, 0.4) is 0 Å². The number of hydrogen-bond acceptors (Lipinski definition) is 5. The summed E-state index contributed by atoms with van der Waals surface area (Å²) in [5.41, 5.74) is 3.95. The summed E-state index contributed by atoms with van der Waals surface area (Å²) in [6.45, 7) is 3.37. The molecule has 0 bridgehead atoms. The van der Waals surface area contributed by atoms with Gasteiger partial charge in [-0.25, -0.2) is 0 Å². The lowest BCUT2D eigenvalue weighted by molar-refractivity contribution is -0.0904. The highest BCUT2D eigenvalue weighted by Crippen LogP contribution is 2.36. The van der Waals surface area contributed by atoms with Crippen LogP contribution in [0, 0.1) is 18.3 Å². The average Bonchev–Trinajstić information content (AvgIpc) is 2.86. The first-order valence-corrected chi connectivity index (χ1v) is 11.9. The molecule has 1 heterocycles. The molecule has 1 aliphatic heterocycles. The number of ether oxygens (including phenoxy) is 3. The molecule has 33 heavy (non-hydrogen) atoms. The first kappa shape index (κ1) is 23.1. The quantitative estimate of drug-likeness (QED) is 0.391. The smallest absolute Gasteiger partial charge is 0.149 e. The molecular formula is C28H27NO3S. The Balaban J connectivity index is 1.52. The summed E-state index contributed by atoms with van der Waals surface area (Å²) < 4.78 is 18.4. The van der Waals surface area contributed by atoms with Crippen molar-refractivity contribution in [1.29, 1.82) is 5.26 Å². The first-order valence-electron chi connectivity index (χ1n) is 11.0. The number of benzene rings is 3. The van der Waals surface area contributed by atoms with Gasteiger partial charge in [0.1, 0.15) is 12.2 Å². The van der Waals surface area contributed by atoms with Gasteiger partial charge in [-0.3, -0.25) is 0 Å². The summed E-state index contributed by atoms with van der Waals surface area (Å²) in [7, 11) is 0. The Morgan fingerprint density at radius 1 is 0.879 bits per heavy atom. The molecule has 0 radical (unpaired) electrons. The van der Waals surface area contributed by atoms with E-state index in [4.69, 9.17) is 14.2 Å². The molecule has 1 aliphatic rings. The minimum atomic E-state index is -0.341. The zero-order valence-corrected chi connectivity index (χ0v) is 19.4. The van der Waals surface area contributed by atoms with E-state index >= 15 is 0 Å². The van der Waals surface area contributed by atoms with Crippen LogP contribution in [0.5, 0.6) is 0 Å². The van der Waals surface area contributed by atoms with Crippen LogP contribution in [0.4, 0.5) is 0 Å². The lowest BCUT2D eigenvalue weighted by atomic mass is 10.0. The number of thioether (sulfide) groups is 1. The Kier molecular flexibility index (Phi) is 8.21. The van der Waals surface area contributed by atoms with Gasteiger partial charge in [0, 0.05) is 4.90 Å². The molecule has 3 aromatic carbocycles. The van der Waals surface area contributed by atoms with Gasteiger partial charge < -0.3 is 14.2 Å². The molecular weight excluding hydrogens is 430 g/mol. The predicted octanol–water partition coefficient (Wildman–Crippen LogP) is 6.06. The second kappa shape index (κ2) is 11.7. The number of nitrogens with zero attached hydrogens (tertiary/aromatic N) is 1. The summed E-state index contributed by atoms with van der Waals surface area (Å²) in [4.78, 5) is 1.09. The highest BCUT2D eigenvalue weighted by atomic mass is 32.2. The van der Waals surface area contributed by atoms with E-state index in [9.17, 15) is 5.26 Å². The van der Waals surface area contributed by atoms with Gasteiger partial charge in [-0.1, -0.05) is 78.4 Å². The first-order chi connectivity index (χ1) is 16.2. The maximum absolute atomic E-state index is 9.80. The van der Waals surface area contributed by atoms with Crippen LogP contribution in [0.15, 0.2) is 102 Å². The zero-order valence-electron chi connectivity index (χ0n) is 18.6. The summed E-state index contributed by atoms with van der Waals surface area (Å²) in [6, 6.07) is 30.7. The van der Waals surface area contributed by atoms with Crippen LogP contribution >= 0.6 is 11.8 Å². The van der Waals surface area contributed by atoms with E-state index in [0.29, 0.717) is 25.4 Å². The third kappa shape index (κ3) is 6.49. The highest BCUT2D eigenvalue weighted by Gasteiger charge is 2.39. The van der Waals surface area contributed by atoms with Crippen molar-refractivity contribution in [3.63, 3.8) is 0 Å². The van der Waals surface area contributed by atoms with Crippen LogP contribution < -0.4 is 0 Å². The van der Waals surface area contributed by atoms with Crippen molar-refractivity contribution in [3.8, 4) is 6.07 Å². The molecule has 4 nitrogen and oxygen atoms in total. The summed E-state index contributed by atoms with van der Waals surface area (Å²) in [5.74, 6) is 0. The molecule has 3 aromatic rings. The predicted molar refractivity (Wildman–Crippen MR) is 131 cm³/mol. The topological polar surface area (TPSA) is 51.5 Å². The monoisotopic (exact) mass is 457 g/mol. The Hall–Kier alpha value is -3.04. The van der Waals surface area contributed by atoms with Crippen molar-refractivity contribution in [1.82, 2.24) is 0 Å². The summed E-state index contributed by atoms with van der Waals surface area (Å²) in [6.07, 6.45) is 0.912. The average molecular weight is 458 g/mol. The van der Waals surface area contributed by atoms with E-state index < -0.39 is 0 Å². The Morgan fingerprint density at radius 3 is 2.15 bits per heavy atom. The minimum absolute atomic E-state index is 0.194. The molecule has 0 spiro atoms. The van der Waals surface area contributed by atoms with Gasteiger partial charge in [0.25, 0.3) is 0 Å². The Bertz CT molecular complexity index is 1080. The molecule has 0 amide bonds. The standard InChI is InChI=1S/C28H27NO3S/c1-21-12-14-25(15-13-21)33-28-24(16-29)19-31-26(20-30-17-22-8-4-2-5-9-22)27(28)32-18-23-10-6-3-7-11-23/h2-15,19,26-28H,17-18,20H2,1H3. The van der Waals surface area contributed by atoms with Gasteiger partial charge in [0.05, 0.1) is 43.0 Å². The molecule has 3 atom stereocenters. The van der Waals surface area contributed by atoms with Crippen molar-refractivity contribution in [2.75, 3.05) is 6.61 Å². The highest BCUT2D eigenvalue weighted by molar-refractivity contribution is 8.00. The Labute approximate surface area is 199 Å². The SMILES string of the molecule is Cc1ccc(SC2C(C#N)=COC(COCc3ccccc3)C2OCc2ccccc2)cc1. The van der Waals surface area contributed by atoms with E-state index in [1.807, 2.05) is 60.7 Å². The molecule has 168 valence electrons. The molecule has 0 aromatic heterocycles. The molecule has 4 rings (SSSR count). The van der Waals surface area contributed by atoms with Crippen LogP contribution in [-0.2, 0) is 27.4 Å². The second-order valence-electron chi connectivity index (χ2n) is 7.97. The minimum Gasteiger partial charge on any atom is -0.492 e. The van der Waals surface area contributed by atoms with Crippen molar-refractivity contribution in [2.45, 2.75) is 42.5 Å². The third-order valence-corrected chi connectivity index (χ3v) is 6.75. The fourth-order valence-corrected chi connectivity index (χ4v) is 4.83. The zero-order chi connectivity index (χ0) is 22.9. The fourth-order valence-electron chi connectivity index (χ4n) is 3.62. The van der Waals surface area contributed by atoms with Crippen molar-refractivity contribution in [2.24, 2.45) is 0 Å². The lowest BCUT2D eigenvalue weighted by Gasteiger charge is -2.36. The second-order valence-corrected chi connectivity index (χ2v) is 9.19. The van der Waals surface area contributed by atoms with Gasteiger partial charge in [0.2, 0.25) is 0 Å². The van der Waals surface area contributed by atoms with Gasteiger partial charge in [-0.2, -0.15) is 5.26 Å². The molecule has 5 heteroatoms. The van der Waals surface area contributed by atoms with E-state index in [0.717, 1.165) is 16.0 Å². The van der Waals surface area contributed by atoms with Crippen molar-refractivity contribution in [3.05, 3.63) is 113 Å². The molecule has 0 N–H and O–H groups in total. The largest absolute Gasteiger partial charge is 0.492 e. The van der Waals surface area contributed by atoms with Crippen LogP contribution in [0.25, 0.3) is 0 Å². The maximum atomic E-state index is 9.80. The normalized spacial score (nSPS) is 19.9. The molecule has 3 unspecified atom stereocenters. The Morgan fingerprint density at radius 2 is 1.52 bits per heavy atom. The lowest BCUT2D eigenvalue weighted by Crippen LogP contribution is -2.45. The van der Waals surface area contributed by atoms with E-state index in [1.165, 1.54) is 5.56 Å². The maximum Gasteiger partial charge on any atom is 0.149 e. The van der Waals surface area contributed by atoms with Crippen LogP contribution in [0.1, 0.15) is 16.7 Å². The van der Waals surface area contributed by atoms with Crippen LogP contribution in [-0.4, -0.2) is 24.1 Å². The summed E-state index contributed by atoms with van der Waals surface area (Å²) >= 11 is 1.63. The molecule has 0 saturated carbocycles. The van der Waals surface area contributed by atoms with E-state index in [-0.39, 0.29) is 17.5 Å². The third-order valence-electron chi connectivity index (χ3n) is 5.43. The van der Waals surface area contributed by atoms with E-state index in [1.54, 1.807) is 18.0 Å². The molecule has 0 fully saturated rings. The fraction of sp³-hybridized carbons (Fsp3) is 0.250. The number of hydrogen-bond donors (Lipinski definition) is 0. The number of rotatable bonds is 9. The van der Waals surface area contributed by atoms with Gasteiger partial charge in [0.15, 0.2) is 0 Å². The summed E-state index contributed by atoms with van der Waals surface area (Å²) in [5, 5.41) is 9.61. The molecule has 0 saturated heterocycles. The molecule has 0 aliphatic carbocycles.